The first-order valence-corrected chi connectivity index (χ1v) is 11.9. The average molecular weight is 451 g/mol. The third-order valence-corrected chi connectivity index (χ3v) is 7.23. The Kier molecular flexibility index (Phi) is 4.06. The lowest BCUT2D eigenvalue weighted by molar-refractivity contribution is 0.224. The fourth-order valence-electron chi connectivity index (χ4n) is 5.05. The quantitative estimate of drug-likeness (QED) is 0.276. The van der Waals surface area contributed by atoms with E-state index in [1.165, 1.54) is 6.07 Å². The van der Waals surface area contributed by atoms with E-state index in [1.54, 1.807) is 12.3 Å². The topological polar surface area (TPSA) is 38.9 Å². The predicted octanol–water partition coefficient (Wildman–Crippen LogP) is 8.70. The molecule has 0 spiro atoms. The van der Waals surface area contributed by atoms with E-state index in [0.717, 1.165) is 64.4 Å². The zero-order valence-corrected chi connectivity index (χ0v) is 19.6. The van der Waals surface area contributed by atoms with Crippen molar-refractivity contribution in [2.75, 3.05) is 0 Å². The highest BCUT2D eigenvalue weighted by Gasteiger charge is 2.27. The molecule has 5 aromatic rings. The smallest absolute Gasteiger partial charge is 0.227 e. The van der Waals surface area contributed by atoms with Crippen LogP contribution in [-0.4, -0.2) is 9.97 Å². The first-order chi connectivity index (χ1) is 18.0. The first kappa shape index (κ1) is 17.0. The largest absolute Gasteiger partial charge is 0.437 e. The van der Waals surface area contributed by atoms with Crippen molar-refractivity contribution in [1.29, 1.82) is 0 Å². The van der Waals surface area contributed by atoms with Crippen LogP contribution in [0.15, 0.2) is 77.3 Å². The van der Waals surface area contributed by atoms with Gasteiger partial charge in [-0.1, -0.05) is 50.2 Å². The lowest BCUT2D eigenvalue weighted by atomic mass is 9.71. The molecule has 0 bridgehead atoms. The van der Waals surface area contributed by atoms with E-state index < -0.39 is 12.7 Å². The van der Waals surface area contributed by atoms with Crippen LogP contribution in [0.3, 0.4) is 0 Å². The highest BCUT2D eigenvalue weighted by atomic mass is 16.3. The van der Waals surface area contributed by atoms with Gasteiger partial charge in [0.05, 0.1) is 5.69 Å². The number of hydrogen-bond acceptors (Lipinski definition) is 3. The summed E-state index contributed by atoms with van der Waals surface area (Å²) in [5, 5.41) is 1.65. The van der Waals surface area contributed by atoms with Gasteiger partial charge in [0.2, 0.25) is 5.71 Å². The molecule has 2 aromatic carbocycles. The van der Waals surface area contributed by atoms with Gasteiger partial charge < -0.3 is 4.42 Å². The molecule has 34 heavy (non-hydrogen) atoms. The van der Waals surface area contributed by atoms with E-state index in [4.69, 9.17) is 9.90 Å². The second-order valence-electron chi connectivity index (χ2n) is 10.1. The van der Waals surface area contributed by atoms with Crippen molar-refractivity contribution >= 4 is 22.1 Å². The molecule has 3 heteroatoms. The Bertz CT molecular complexity index is 1640. The van der Waals surface area contributed by atoms with Gasteiger partial charge in [-0.3, -0.25) is 4.98 Å². The minimum atomic E-state index is -2.30. The molecule has 1 fully saturated rings. The van der Waals surface area contributed by atoms with Crippen LogP contribution in [0.1, 0.15) is 62.2 Å². The molecule has 0 atom stereocenters. The summed E-state index contributed by atoms with van der Waals surface area (Å²) in [6.45, 7) is 2.30. The van der Waals surface area contributed by atoms with Crippen LogP contribution in [0.25, 0.3) is 44.5 Å². The molecule has 1 aliphatic carbocycles. The summed E-state index contributed by atoms with van der Waals surface area (Å²) in [6, 6.07) is 21.6. The number of nitrogens with zero attached hydrogens (tertiary/aromatic N) is 2. The maximum absolute atomic E-state index is 9.07. The van der Waals surface area contributed by atoms with Crippen molar-refractivity contribution in [3.05, 3.63) is 84.2 Å². The second kappa shape index (κ2) is 8.09. The highest BCUT2D eigenvalue weighted by molar-refractivity contribution is 6.08. The Morgan fingerprint density at radius 3 is 2.56 bits per heavy atom. The number of para-hydroxylation sites is 1. The molecular formula is C31H30N2O. The third kappa shape index (κ3) is 3.79. The Hall–Kier alpha value is -3.46. The monoisotopic (exact) mass is 450 g/mol. The van der Waals surface area contributed by atoms with Crippen molar-refractivity contribution in [2.45, 2.75) is 52.3 Å². The third-order valence-electron chi connectivity index (χ3n) is 7.23. The maximum atomic E-state index is 9.07. The van der Waals surface area contributed by atoms with Gasteiger partial charge in [0.1, 0.15) is 5.58 Å². The molecular weight excluding hydrogens is 416 g/mol. The predicted molar refractivity (Wildman–Crippen MR) is 140 cm³/mol. The van der Waals surface area contributed by atoms with E-state index >= 15 is 0 Å². The van der Waals surface area contributed by atoms with Gasteiger partial charge in [-0.25, -0.2) is 4.98 Å². The number of furan rings is 1. The van der Waals surface area contributed by atoms with Crippen LogP contribution in [0, 0.1) is 12.3 Å². The van der Waals surface area contributed by atoms with Crippen LogP contribution in [0.5, 0.6) is 0 Å². The average Bonchev–Trinajstić information content (AvgIpc) is 3.28. The molecule has 0 aliphatic heterocycles. The molecule has 6 rings (SSSR count). The normalized spacial score (nSPS) is 19.4. The van der Waals surface area contributed by atoms with E-state index in [2.05, 4.69) is 48.1 Å². The summed E-state index contributed by atoms with van der Waals surface area (Å²) in [7, 11) is 0. The number of benzene rings is 2. The van der Waals surface area contributed by atoms with Crippen molar-refractivity contribution < 1.29 is 9.90 Å². The van der Waals surface area contributed by atoms with Crippen LogP contribution in [-0.2, 0) is 0 Å². The van der Waals surface area contributed by atoms with Crippen molar-refractivity contribution in [3.63, 3.8) is 0 Å². The minimum Gasteiger partial charge on any atom is -0.437 e. The molecule has 0 unspecified atom stereocenters. The molecule has 3 aromatic heterocycles. The molecule has 1 saturated carbocycles. The lowest BCUT2D eigenvalue weighted by Crippen LogP contribution is -2.20. The number of pyridine rings is 2. The van der Waals surface area contributed by atoms with Crippen molar-refractivity contribution in [2.24, 2.45) is 5.41 Å². The molecule has 0 saturated heterocycles. The lowest BCUT2D eigenvalue weighted by Gasteiger charge is -2.34. The zero-order chi connectivity index (χ0) is 26.7. The molecule has 170 valence electrons. The van der Waals surface area contributed by atoms with E-state index in [-0.39, 0.29) is 5.69 Å². The Morgan fingerprint density at radius 2 is 1.76 bits per heavy atom. The van der Waals surface area contributed by atoms with Gasteiger partial charge in [0.25, 0.3) is 0 Å². The molecule has 1 aliphatic rings. The summed E-state index contributed by atoms with van der Waals surface area (Å²) in [5.41, 5.74) is 6.05. The van der Waals surface area contributed by atoms with Crippen LogP contribution in [0.2, 0.25) is 0 Å². The van der Waals surface area contributed by atoms with Crippen molar-refractivity contribution in [3.8, 4) is 22.4 Å². The molecule has 0 amide bonds. The summed E-state index contributed by atoms with van der Waals surface area (Å²) < 4.78 is 38.2. The minimum absolute atomic E-state index is 0.0144. The van der Waals surface area contributed by atoms with Gasteiger partial charge in [0.15, 0.2) is 0 Å². The summed E-state index contributed by atoms with van der Waals surface area (Å²) in [6.07, 6.45) is 5.73. The van der Waals surface area contributed by atoms with Gasteiger partial charge >= 0.3 is 0 Å². The Morgan fingerprint density at radius 1 is 0.941 bits per heavy atom. The van der Waals surface area contributed by atoms with Crippen molar-refractivity contribution in [1.82, 2.24) is 9.97 Å². The number of rotatable bonds is 3. The molecule has 3 nitrogen and oxygen atoms in total. The standard InChI is InChI=1S/C31H30N2O/c1-20-7-12-26-25-5-4-6-27(29(25)34-30(26)33-20)28-19-24(15-18-32-28)22-10-8-21(9-11-22)23-13-16-31(2,3)17-14-23/h4-12,15,18-19,23H,13-14,16-17H2,1-3H3/i1D3,23D. The molecule has 3 heterocycles. The van der Waals surface area contributed by atoms with Gasteiger partial charge in [-0.15, -0.1) is 0 Å². The zero-order valence-electron chi connectivity index (χ0n) is 23.6. The Balaban J connectivity index is 1.35. The maximum Gasteiger partial charge on any atom is 0.227 e. The van der Waals surface area contributed by atoms with Gasteiger partial charge in [-0.2, -0.15) is 0 Å². The van der Waals surface area contributed by atoms with Crippen LogP contribution >= 0.6 is 0 Å². The summed E-state index contributed by atoms with van der Waals surface area (Å²) in [5.74, 6) is -0.512. The molecule has 0 radical (unpaired) electrons. The van der Waals surface area contributed by atoms with Crippen LogP contribution < -0.4 is 0 Å². The van der Waals surface area contributed by atoms with Gasteiger partial charge in [0, 0.05) is 33.7 Å². The first-order valence-electron chi connectivity index (χ1n) is 13.9. The highest BCUT2D eigenvalue weighted by Crippen LogP contribution is 2.42. The second-order valence-corrected chi connectivity index (χ2v) is 10.1. The summed E-state index contributed by atoms with van der Waals surface area (Å²) >= 11 is 0. The number of fused-ring (bicyclic) bond motifs is 3. The SMILES string of the molecule is [2H]C([2H])([2H])c1ccc2c(n1)oc1c(-c3cc(-c4ccc(C5([2H])CCC(C)(C)CC5)cc4)ccn3)cccc12. The van der Waals surface area contributed by atoms with Gasteiger partial charge in [-0.05, 0) is 90.9 Å². The van der Waals surface area contributed by atoms with E-state index in [0.29, 0.717) is 16.7 Å². The number of hydrogen-bond donors (Lipinski definition) is 0. The fourth-order valence-corrected chi connectivity index (χ4v) is 5.05. The van der Waals surface area contributed by atoms with Crippen LogP contribution in [0.4, 0.5) is 0 Å². The fraction of sp³-hybridized carbons (Fsp3) is 0.290. The number of aryl methyl sites for hydroxylation is 1. The summed E-state index contributed by atoms with van der Waals surface area (Å²) in [4.78, 5) is 8.91. The number of aromatic nitrogens is 2. The molecule has 0 N–H and O–H groups in total. The van der Waals surface area contributed by atoms with E-state index in [9.17, 15) is 0 Å². The van der Waals surface area contributed by atoms with E-state index in [1.807, 2.05) is 30.3 Å². The Labute approximate surface area is 206 Å².